The Balaban J connectivity index is 2.81. The summed E-state index contributed by atoms with van der Waals surface area (Å²) in [6.45, 7) is 7.40. The maximum absolute atomic E-state index is 12.3. The molecule has 0 amide bonds. The number of nitrogens with one attached hydrogen (secondary N) is 1. The molecule has 1 aromatic heterocycles. The summed E-state index contributed by atoms with van der Waals surface area (Å²) in [6.07, 6.45) is 2.25. The second-order valence-corrected chi connectivity index (χ2v) is 6.96. The fourth-order valence-electron chi connectivity index (χ4n) is 1.56. The summed E-state index contributed by atoms with van der Waals surface area (Å²) in [7, 11) is -1.82. The standard InChI is InChI=1S/C13H23N3O2S/c1-5-14-13-7-6-12(10-15-13)19(17,18)16(4)9-8-11(2)3/h6-7,10-11H,5,8-9H2,1-4H3,(H,14,15). The lowest BCUT2D eigenvalue weighted by atomic mass is 10.1. The lowest BCUT2D eigenvalue weighted by molar-refractivity contribution is 0.428. The molecule has 0 bridgehead atoms. The molecule has 0 radical (unpaired) electrons. The van der Waals surface area contributed by atoms with Crippen LogP contribution in [0.15, 0.2) is 23.2 Å². The molecule has 0 saturated heterocycles. The van der Waals surface area contributed by atoms with Gasteiger partial charge in [-0.25, -0.2) is 17.7 Å². The summed E-state index contributed by atoms with van der Waals surface area (Å²) >= 11 is 0. The van der Waals surface area contributed by atoms with E-state index < -0.39 is 10.0 Å². The van der Waals surface area contributed by atoms with Gasteiger partial charge in [-0.2, -0.15) is 0 Å². The van der Waals surface area contributed by atoms with Crippen LogP contribution in [0.4, 0.5) is 5.82 Å². The second-order valence-electron chi connectivity index (χ2n) is 4.92. The van der Waals surface area contributed by atoms with E-state index in [4.69, 9.17) is 0 Å². The Morgan fingerprint density at radius 3 is 2.53 bits per heavy atom. The van der Waals surface area contributed by atoms with Gasteiger partial charge in [0.05, 0.1) is 0 Å². The fourth-order valence-corrected chi connectivity index (χ4v) is 2.69. The first-order valence-corrected chi connectivity index (χ1v) is 7.98. The van der Waals surface area contributed by atoms with Crippen molar-refractivity contribution in [2.75, 3.05) is 25.5 Å². The molecule has 0 atom stereocenters. The highest BCUT2D eigenvalue weighted by Gasteiger charge is 2.20. The number of anilines is 1. The second kappa shape index (κ2) is 6.86. The van der Waals surface area contributed by atoms with Crippen LogP contribution in [0, 0.1) is 5.92 Å². The Bertz CT molecular complexity index is 483. The number of aromatic nitrogens is 1. The quantitative estimate of drug-likeness (QED) is 0.834. The molecule has 1 rings (SSSR count). The van der Waals surface area contributed by atoms with E-state index in [1.807, 2.05) is 6.92 Å². The van der Waals surface area contributed by atoms with Gasteiger partial charge in [0.2, 0.25) is 10.0 Å². The number of pyridine rings is 1. The summed E-state index contributed by atoms with van der Waals surface area (Å²) in [5.41, 5.74) is 0. The molecule has 0 fully saturated rings. The molecule has 0 saturated carbocycles. The van der Waals surface area contributed by atoms with Gasteiger partial charge < -0.3 is 5.32 Å². The molecule has 0 aliphatic rings. The predicted octanol–water partition coefficient (Wildman–Crippen LogP) is 2.18. The first kappa shape index (κ1) is 15.9. The van der Waals surface area contributed by atoms with Crippen molar-refractivity contribution < 1.29 is 8.42 Å². The normalized spacial score (nSPS) is 12.1. The summed E-state index contributed by atoms with van der Waals surface area (Å²) in [5.74, 6) is 1.16. The van der Waals surface area contributed by atoms with Crippen molar-refractivity contribution >= 4 is 15.8 Å². The number of sulfonamides is 1. The van der Waals surface area contributed by atoms with Crippen molar-refractivity contribution in [2.45, 2.75) is 32.1 Å². The lowest BCUT2D eigenvalue weighted by Gasteiger charge is -2.18. The molecule has 1 heterocycles. The monoisotopic (exact) mass is 285 g/mol. The molecule has 1 aromatic rings. The van der Waals surface area contributed by atoms with Crippen LogP contribution in [0.25, 0.3) is 0 Å². The number of hydrogen-bond donors (Lipinski definition) is 1. The average Bonchev–Trinajstić information content (AvgIpc) is 2.36. The Morgan fingerprint density at radius 1 is 1.37 bits per heavy atom. The number of rotatable bonds is 7. The first-order valence-electron chi connectivity index (χ1n) is 6.54. The van der Waals surface area contributed by atoms with Crippen molar-refractivity contribution in [3.8, 4) is 0 Å². The number of nitrogens with zero attached hydrogens (tertiary/aromatic N) is 2. The largest absolute Gasteiger partial charge is 0.370 e. The van der Waals surface area contributed by atoms with Gasteiger partial charge in [0.1, 0.15) is 10.7 Å². The molecular formula is C13H23N3O2S. The lowest BCUT2D eigenvalue weighted by Crippen LogP contribution is -2.28. The SMILES string of the molecule is CCNc1ccc(S(=O)(=O)N(C)CCC(C)C)cn1. The van der Waals surface area contributed by atoms with E-state index in [9.17, 15) is 8.42 Å². The first-order chi connectivity index (χ1) is 8.87. The van der Waals surface area contributed by atoms with Gasteiger partial charge in [-0.1, -0.05) is 13.8 Å². The maximum Gasteiger partial charge on any atom is 0.244 e. The van der Waals surface area contributed by atoms with Crippen molar-refractivity contribution in [3.05, 3.63) is 18.3 Å². The van der Waals surface area contributed by atoms with Crippen molar-refractivity contribution in [2.24, 2.45) is 5.92 Å². The smallest absolute Gasteiger partial charge is 0.244 e. The van der Waals surface area contributed by atoms with Gasteiger partial charge in [-0.05, 0) is 31.4 Å². The van der Waals surface area contributed by atoms with Gasteiger partial charge in [-0.15, -0.1) is 0 Å². The van der Waals surface area contributed by atoms with E-state index in [1.54, 1.807) is 19.2 Å². The highest BCUT2D eigenvalue weighted by atomic mass is 32.2. The third-order valence-corrected chi connectivity index (χ3v) is 4.66. The summed E-state index contributed by atoms with van der Waals surface area (Å²) in [5, 5.41) is 3.04. The zero-order valence-electron chi connectivity index (χ0n) is 12.0. The highest BCUT2D eigenvalue weighted by molar-refractivity contribution is 7.89. The minimum atomic E-state index is -3.42. The molecule has 6 heteroatoms. The fraction of sp³-hybridized carbons (Fsp3) is 0.615. The van der Waals surface area contributed by atoms with Crippen molar-refractivity contribution in [1.82, 2.24) is 9.29 Å². The molecule has 108 valence electrons. The van der Waals surface area contributed by atoms with Gasteiger partial charge >= 0.3 is 0 Å². The zero-order valence-corrected chi connectivity index (χ0v) is 12.9. The van der Waals surface area contributed by atoms with Gasteiger partial charge in [0.15, 0.2) is 0 Å². The summed E-state index contributed by atoms with van der Waals surface area (Å²) < 4.78 is 25.9. The Morgan fingerprint density at radius 2 is 2.05 bits per heavy atom. The van der Waals surface area contributed by atoms with Crippen molar-refractivity contribution in [1.29, 1.82) is 0 Å². The molecule has 0 unspecified atom stereocenters. The Labute approximate surface area is 116 Å². The summed E-state index contributed by atoms with van der Waals surface area (Å²) in [4.78, 5) is 4.33. The van der Waals surface area contributed by atoms with Crippen LogP contribution in [0.2, 0.25) is 0 Å². The molecule has 1 N–H and O–H groups in total. The predicted molar refractivity (Wildman–Crippen MR) is 77.7 cm³/mol. The van der Waals surface area contributed by atoms with E-state index in [2.05, 4.69) is 24.1 Å². The Hall–Kier alpha value is -1.14. The van der Waals surface area contributed by atoms with Crippen LogP contribution in [-0.4, -0.2) is 37.8 Å². The molecular weight excluding hydrogens is 262 g/mol. The Kier molecular flexibility index (Phi) is 5.75. The average molecular weight is 285 g/mol. The van der Waals surface area contributed by atoms with E-state index in [-0.39, 0.29) is 4.90 Å². The highest BCUT2D eigenvalue weighted by Crippen LogP contribution is 2.16. The zero-order chi connectivity index (χ0) is 14.5. The van der Waals surface area contributed by atoms with Gasteiger partial charge in [0, 0.05) is 26.3 Å². The van der Waals surface area contributed by atoms with E-state index in [1.165, 1.54) is 10.5 Å². The van der Waals surface area contributed by atoms with Crippen LogP contribution in [0.5, 0.6) is 0 Å². The van der Waals surface area contributed by atoms with Crippen LogP contribution < -0.4 is 5.32 Å². The van der Waals surface area contributed by atoms with Gasteiger partial charge in [-0.3, -0.25) is 0 Å². The van der Waals surface area contributed by atoms with Crippen LogP contribution in [0.3, 0.4) is 0 Å². The van der Waals surface area contributed by atoms with E-state index in [0.717, 1.165) is 13.0 Å². The third kappa shape index (κ3) is 4.47. The molecule has 0 aromatic carbocycles. The molecule has 0 spiro atoms. The maximum atomic E-state index is 12.3. The molecule has 0 aliphatic carbocycles. The molecule has 0 aliphatic heterocycles. The van der Waals surface area contributed by atoms with Crippen LogP contribution in [-0.2, 0) is 10.0 Å². The van der Waals surface area contributed by atoms with E-state index in [0.29, 0.717) is 18.3 Å². The molecule has 19 heavy (non-hydrogen) atoms. The topological polar surface area (TPSA) is 62.3 Å². The summed E-state index contributed by atoms with van der Waals surface area (Å²) in [6, 6.07) is 3.28. The van der Waals surface area contributed by atoms with E-state index >= 15 is 0 Å². The minimum Gasteiger partial charge on any atom is -0.370 e. The van der Waals surface area contributed by atoms with Crippen LogP contribution in [0.1, 0.15) is 27.2 Å². The number of hydrogen-bond acceptors (Lipinski definition) is 4. The van der Waals surface area contributed by atoms with Crippen molar-refractivity contribution in [3.63, 3.8) is 0 Å². The van der Waals surface area contributed by atoms with Crippen LogP contribution >= 0.6 is 0 Å². The van der Waals surface area contributed by atoms with Gasteiger partial charge in [0.25, 0.3) is 0 Å². The minimum absolute atomic E-state index is 0.236. The third-order valence-electron chi connectivity index (χ3n) is 2.82. The molecule has 5 nitrogen and oxygen atoms in total.